The number of aliphatic hydroxyl groups is 1. The number of aliphatic hydroxyl groups excluding tert-OH is 1. The minimum absolute atomic E-state index is 0.0458. The average molecular weight is 265 g/mol. The van der Waals surface area contributed by atoms with E-state index in [2.05, 4.69) is 23.7 Å². The Hall–Kier alpha value is -1.07. The summed E-state index contributed by atoms with van der Waals surface area (Å²) in [4.78, 5) is 7.98. The Kier molecular flexibility index (Phi) is 2.83. The van der Waals surface area contributed by atoms with Crippen LogP contribution in [-0.2, 0) is 6.61 Å². The van der Waals surface area contributed by atoms with E-state index in [4.69, 9.17) is 0 Å². The van der Waals surface area contributed by atoms with E-state index in [-0.39, 0.29) is 6.61 Å². The molecule has 0 saturated carbocycles. The third-order valence-electron chi connectivity index (χ3n) is 3.69. The average Bonchev–Trinajstić information content (AvgIpc) is 2.86. The Bertz CT molecular complexity index is 558. The van der Waals surface area contributed by atoms with E-state index in [0.29, 0.717) is 5.41 Å². The van der Waals surface area contributed by atoms with Gasteiger partial charge in [-0.3, -0.25) is 4.40 Å². The second kappa shape index (κ2) is 4.24. The van der Waals surface area contributed by atoms with Gasteiger partial charge in [-0.25, -0.2) is 4.98 Å². The van der Waals surface area contributed by atoms with Gasteiger partial charge in [-0.1, -0.05) is 13.8 Å². The molecule has 2 aromatic heterocycles. The predicted octanol–water partition coefficient (Wildman–Crippen LogP) is 2.51. The van der Waals surface area contributed by atoms with Crippen molar-refractivity contribution in [2.75, 3.05) is 18.0 Å². The van der Waals surface area contributed by atoms with Gasteiger partial charge in [0.05, 0.1) is 12.3 Å². The lowest BCUT2D eigenvalue weighted by Crippen LogP contribution is -2.40. The minimum Gasteiger partial charge on any atom is -0.390 e. The van der Waals surface area contributed by atoms with Crippen molar-refractivity contribution in [3.05, 3.63) is 17.3 Å². The van der Waals surface area contributed by atoms with Crippen molar-refractivity contribution in [3.8, 4) is 0 Å². The molecule has 0 amide bonds. The Balaban J connectivity index is 2.00. The predicted molar refractivity (Wildman–Crippen MR) is 74.2 cm³/mol. The molecule has 0 bridgehead atoms. The number of hydrogen-bond acceptors (Lipinski definition) is 4. The van der Waals surface area contributed by atoms with E-state index < -0.39 is 0 Å². The number of piperidine rings is 1. The molecule has 0 radical (unpaired) electrons. The van der Waals surface area contributed by atoms with Gasteiger partial charge in [-0.05, 0) is 18.3 Å². The van der Waals surface area contributed by atoms with Gasteiger partial charge in [-0.2, -0.15) is 0 Å². The molecule has 98 valence electrons. The lowest BCUT2D eigenvalue weighted by atomic mass is 9.84. The molecule has 0 aromatic carbocycles. The summed E-state index contributed by atoms with van der Waals surface area (Å²) in [5.41, 5.74) is 1.26. The summed E-state index contributed by atoms with van der Waals surface area (Å²) >= 11 is 1.62. The van der Waals surface area contributed by atoms with Crippen molar-refractivity contribution >= 4 is 22.1 Å². The maximum atomic E-state index is 9.60. The van der Waals surface area contributed by atoms with Crippen LogP contribution in [0.2, 0.25) is 0 Å². The fourth-order valence-corrected chi connectivity index (χ4v) is 3.55. The van der Waals surface area contributed by atoms with Crippen LogP contribution >= 0.6 is 11.3 Å². The monoisotopic (exact) mass is 265 g/mol. The quantitative estimate of drug-likeness (QED) is 0.907. The summed E-state index contributed by atoms with van der Waals surface area (Å²) in [5.74, 6) is 0.970. The second-order valence-corrected chi connectivity index (χ2v) is 6.66. The van der Waals surface area contributed by atoms with Gasteiger partial charge in [0.25, 0.3) is 0 Å². The molecule has 0 aliphatic carbocycles. The number of thiazole rings is 1. The van der Waals surface area contributed by atoms with E-state index in [1.807, 2.05) is 16.0 Å². The van der Waals surface area contributed by atoms with E-state index in [1.54, 1.807) is 11.3 Å². The van der Waals surface area contributed by atoms with Gasteiger partial charge in [0.1, 0.15) is 0 Å². The van der Waals surface area contributed by atoms with Gasteiger partial charge in [0.15, 0.2) is 10.8 Å². The summed E-state index contributed by atoms with van der Waals surface area (Å²) in [6.07, 6.45) is 4.44. The third kappa shape index (κ3) is 1.91. The standard InChI is InChI=1S/C13H19N3OS/c1-13(2)4-3-5-15(9-13)11-10(8-17)16-6-7-18-12(16)14-11/h6-7,17H,3-5,8-9H2,1-2H3. The van der Waals surface area contributed by atoms with Crippen LogP contribution in [-0.4, -0.2) is 27.6 Å². The molecule has 18 heavy (non-hydrogen) atoms. The molecule has 1 saturated heterocycles. The van der Waals surface area contributed by atoms with Crippen LogP contribution in [0.1, 0.15) is 32.4 Å². The van der Waals surface area contributed by atoms with Crippen LogP contribution in [0.3, 0.4) is 0 Å². The number of hydrogen-bond donors (Lipinski definition) is 1. The summed E-state index contributed by atoms with van der Waals surface area (Å²) in [5, 5.41) is 11.6. The van der Waals surface area contributed by atoms with E-state index in [1.165, 1.54) is 12.8 Å². The SMILES string of the molecule is CC1(C)CCCN(c2nc3sccn3c2CO)C1. The highest BCUT2D eigenvalue weighted by Crippen LogP contribution is 2.33. The first-order valence-electron chi connectivity index (χ1n) is 6.41. The lowest BCUT2D eigenvalue weighted by Gasteiger charge is -2.38. The zero-order valence-electron chi connectivity index (χ0n) is 10.9. The minimum atomic E-state index is 0.0458. The van der Waals surface area contributed by atoms with Gasteiger partial charge < -0.3 is 10.0 Å². The van der Waals surface area contributed by atoms with Crippen LogP contribution in [0.5, 0.6) is 0 Å². The topological polar surface area (TPSA) is 40.8 Å². The maximum Gasteiger partial charge on any atom is 0.195 e. The molecule has 4 nitrogen and oxygen atoms in total. The molecule has 1 aliphatic rings. The first-order valence-corrected chi connectivity index (χ1v) is 7.29. The van der Waals surface area contributed by atoms with Gasteiger partial charge in [0, 0.05) is 24.7 Å². The zero-order valence-corrected chi connectivity index (χ0v) is 11.7. The Morgan fingerprint density at radius 1 is 1.50 bits per heavy atom. The van der Waals surface area contributed by atoms with Gasteiger partial charge in [0.2, 0.25) is 0 Å². The molecule has 1 N–H and O–H groups in total. The van der Waals surface area contributed by atoms with Crippen LogP contribution in [0.15, 0.2) is 11.6 Å². The summed E-state index contributed by atoms with van der Waals surface area (Å²) in [6, 6.07) is 0. The molecular formula is C13H19N3OS. The first-order chi connectivity index (χ1) is 8.61. The Morgan fingerprint density at radius 3 is 3.06 bits per heavy atom. The maximum absolute atomic E-state index is 9.60. The van der Waals surface area contributed by atoms with E-state index in [9.17, 15) is 5.11 Å². The number of anilines is 1. The molecule has 0 spiro atoms. The van der Waals surface area contributed by atoms with Crippen molar-refractivity contribution in [2.24, 2.45) is 5.41 Å². The van der Waals surface area contributed by atoms with Crippen LogP contribution in [0.4, 0.5) is 5.82 Å². The summed E-state index contributed by atoms with van der Waals surface area (Å²) in [6.45, 7) is 6.71. The zero-order chi connectivity index (χ0) is 12.8. The molecular weight excluding hydrogens is 246 g/mol. The largest absolute Gasteiger partial charge is 0.390 e. The van der Waals surface area contributed by atoms with Crippen molar-refractivity contribution < 1.29 is 5.11 Å². The van der Waals surface area contributed by atoms with Crippen LogP contribution < -0.4 is 4.90 Å². The van der Waals surface area contributed by atoms with E-state index >= 15 is 0 Å². The molecule has 1 fully saturated rings. The number of imidazole rings is 1. The third-order valence-corrected chi connectivity index (χ3v) is 4.45. The Labute approximate surface area is 111 Å². The van der Waals surface area contributed by atoms with Gasteiger partial charge in [-0.15, -0.1) is 11.3 Å². The lowest BCUT2D eigenvalue weighted by molar-refractivity contribution is 0.271. The molecule has 0 atom stereocenters. The number of fused-ring (bicyclic) bond motifs is 1. The van der Waals surface area contributed by atoms with Crippen molar-refractivity contribution in [2.45, 2.75) is 33.3 Å². The second-order valence-electron chi connectivity index (χ2n) is 5.79. The normalized spacial score (nSPS) is 19.6. The molecule has 3 rings (SSSR count). The highest BCUT2D eigenvalue weighted by atomic mass is 32.1. The van der Waals surface area contributed by atoms with Crippen molar-refractivity contribution in [1.29, 1.82) is 0 Å². The first kappa shape index (κ1) is 12.0. The molecule has 0 unspecified atom stereocenters. The highest BCUT2D eigenvalue weighted by Gasteiger charge is 2.29. The fraction of sp³-hybridized carbons (Fsp3) is 0.615. The summed E-state index contributed by atoms with van der Waals surface area (Å²) < 4.78 is 2.00. The number of rotatable bonds is 2. The number of nitrogens with zero attached hydrogens (tertiary/aromatic N) is 3. The Morgan fingerprint density at radius 2 is 2.33 bits per heavy atom. The fourth-order valence-electron chi connectivity index (χ4n) is 2.83. The molecule has 1 aliphatic heterocycles. The molecule has 3 heterocycles. The molecule has 5 heteroatoms. The van der Waals surface area contributed by atoms with Crippen molar-refractivity contribution in [3.63, 3.8) is 0 Å². The smallest absolute Gasteiger partial charge is 0.195 e. The number of aromatic nitrogens is 2. The molecule has 2 aromatic rings. The highest BCUT2D eigenvalue weighted by molar-refractivity contribution is 7.15. The van der Waals surface area contributed by atoms with Crippen LogP contribution in [0.25, 0.3) is 4.96 Å². The van der Waals surface area contributed by atoms with Crippen LogP contribution in [0, 0.1) is 5.41 Å². The van der Waals surface area contributed by atoms with E-state index in [0.717, 1.165) is 29.6 Å². The van der Waals surface area contributed by atoms with Crippen molar-refractivity contribution in [1.82, 2.24) is 9.38 Å². The van der Waals surface area contributed by atoms with Gasteiger partial charge >= 0.3 is 0 Å². The summed E-state index contributed by atoms with van der Waals surface area (Å²) in [7, 11) is 0.